The summed E-state index contributed by atoms with van der Waals surface area (Å²) < 4.78 is 11.4. The van der Waals surface area contributed by atoms with E-state index in [2.05, 4.69) is 9.88 Å². The Hall–Kier alpha value is -1.40. The van der Waals surface area contributed by atoms with Gasteiger partial charge < -0.3 is 14.1 Å². The molecule has 1 atom stereocenters. The van der Waals surface area contributed by atoms with Crippen molar-refractivity contribution in [1.29, 1.82) is 0 Å². The Bertz CT molecular complexity index is 512. The summed E-state index contributed by atoms with van der Waals surface area (Å²) in [5, 5.41) is 0. The molecule has 2 saturated heterocycles. The van der Waals surface area contributed by atoms with Gasteiger partial charge in [-0.05, 0) is 39.5 Å². The predicted octanol–water partition coefficient (Wildman–Crippen LogP) is 1.89. The lowest BCUT2D eigenvalue weighted by atomic mass is 10.2. The van der Waals surface area contributed by atoms with Crippen LogP contribution in [-0.2, 0) is 16.1 Å². The van der Waals surface area contributed by atoms with Crippen LogP contribution in [0.1, 0.15) is 43.0 Å². The average Bonchev–Trinajstić information content (AvgIpc) is 3.23. The molecule has 2 fully saturated rings. The molecule has 0 spiro atoms. The number of carbonyl (C=O) groups excluding carboxylic acids is 1. The molecule has 0 N–H and O–H groups in total. The normalized spacial score (nSPS) is 21.5. The Labute approximate surface area is 137 Å². The third-order valence-corrected chi connectivity index (χ3v) is 4.74. The minimum Gasteiger partial charge on any atom is -0.444 e. The van der Waals surface area contributed by atoms with Crippen molar-refractivity contribution in [2.75, 3.05) is 32.8 Å². The molecule has 1 aromatic heterocycles. The Morgan fingerprint density at radius 1 is 1.30 bits per heavy atom. The van der Waals surface area contributed by atoms with Gasteiger partial charge in [-0.1, -0.05) is 0 Å². The molecule has 0 bridgehead atoms. The molecule has 3 heterocycles. The zero-order chi connectivity index (χ0) is 16.2. The maximum atomic E-state index is 12.5. The predicted molar refractivity (Wildman–Crippen MR) is 86.0 cm³/mol. The maximum absolute atomic E-state index is 12.5. The van der Waals surface area contributed by atoms with Crippen molar-refractivity contribution in [3.8, 4) is 0 Å². The van der Waals surface area contributed by atoms with Crippen molar-refractivity contribution in [3.05, 3.63) is 17.3 Å². The summed E-state index contributed by atoms with van der Waals surface area (Å²) in [7, 11) is 0. The van der Waals surface area contributed by atoms with E-state index in [0.717, 1.165) is 63.4 Å². The second-order valence-electron chi connectivity index (χ2n) is 6.64. The summed E-state index contributed by atoms with van der Waals surface area (Å²) in [4.78, 5) is 21.0. The number of oxazole rings is 1. The quantitative estimate of drug-likeness (QED) is 0.801. The van der Waals surface area contributed by atoms with Crippen LogP contribution < -0.4 is 0 Å². The monoisotopic (exact) mass is 321 g/mol. The van der Waals surface area contributed by atoms with E-state index in [1.165, 1.54) is 0 Å². The first-order valence-electron chi connectivity index (χ1n) is 8.66. The summed E-state index contributed by atoms with van der Waals surface area (Å²) in [6, 6.07) is 0. The van der Waals surface area contributed by atoms with E-state index in [1.54, 1.807) is 0 Å². The molecule has 1 aromatic rings. The number of nitrogens with zero attached hydrogens (tertiary/aromatic N) is 3. The summed E-state index contributed by atoms with van der Waals surface area (Å²) in [6.45, 7) is 8.23. The molecular weight excluding hydrogens is 294 g/mol. The van der Waals surface area contributed by atoms with Crippen molar-refractivity contribution in [3.63, 3.8) is 0 Å². The highest BCUT2D eigenvalue weighted by Crippen LogP contribution is 2.17. The lowest BCUT2D eigenvalue weighted by Gasteiger charge is -2.25. The molecule has 6 nitrogen and oxygen atoms in total. The second-order valence-corrected chi connectivity index (χ2v) is 6.64. The largest absolute Gasteiger partial charge is 0.444 e. The number of aromatic nitrogens is 1. The van der Waals surface area contributed by atoms with Crippen LogP contribution >= 0.6 is 0 Å². The Balaban J connectivity index is 1.63. The molecule has 0 radical (unpaired) electrons. The fraction of sp³-hybridized carbons (Fsp3) is 0.765. The van der Waals surface area contributed by atoms with Gasteiger partial charge in [-0.3, -0.25) is 9.69 Å². The number of aryl methyl sites for hydroxylation is 2. The molecule has 3 rings (SSSR count). The van der Waals surface area contributed by atoms with Crippen LogP contribution in [0.5, 0.6) is 0 Å². The van der Waals surface area contributed by atoms with Gasteiger partial charge in [-0.25, -0.2) is 4.98 Å². The van der Waals surface area contributed by atoms with Crippen LogP contribution in [-0.4, -0.2) is 59.6 Å². The summed E-state index contributed by atoms with van der Waals surface area (Å²) in [6.07, 6.45) is 4.64. The van der Waals surface area contributed by atoms with E-state index in [0.29, 0.717) is 19.0 Å². The molecule has 0 aliphatic carbocycles. The average molecular weight is 321 g/mol. The Morgan fingerprint density at radius 2 is 2.09 bits per heavy atom. The highest BCUT2D eigenvalue weighted by atomic mass is 16.5. The van der Waals surface area contributed by atoms with Gasteiger partial charge in [-0.2, -0.15) is 0 Å². The van der Waals surface area contributed by atoms with Gasteiger partial charge in [0.25, 0.3) is 0 Å². The van der Waals surface area contributed by atoms with Crippen molar-refractivity contribution < 1.29 is 13.9 Å². The van der Waals surface area contributed by atoms with Gasteiger partial charge >= 0.3 is 0 Å². The van der Waals surface area contributed by atoms with E-state index in [1.807, 2.05) is 18.7 Å². The van der Waals surface area contributed by atoms with Gasteiger partial charge in [0.1, 0.15) is 5.76 Å². The Kier molecular flexibility index (Phi) is 5.33. The molecule has 1 amide bonds. The third kappa shape index (κ3) is 4.32. The summed E-state index contributed by atoms with van der Waals surface area (Å²) in [5.41, 5.74) is 0.919. The highest BCUT2D eigenvalue weighted by Gasteiger charge is 2.25. The smallest absolute Gasteiger partial charge is 0.236 e. The lowest BCUT2D eigenvalue weighted by Crippen LogP contribution is -2.41. The van der Waals surface area contributed by atoms with Crippen LogP contribution in [0.2, 0.25) is 0 Å². The number of hydrogen-bond acceptors (Lipinski definition) is 5. The lowest BCUT2D eigenvalue weighted by molar-refractivity contribution is -0.131. The van der Waals surface area contributed by atoms with E-state index < -0.39 is 0 Å². The number of likely N-dealkylation sites (tertiary alicyclic amines) is 1. The molecule has 0 saturated carbocycles. The van der Waals surface area contributed by atoms with Crippen molar-refractivity contribution >= 4 is 5.91 Å². The first-order valence-corrected chi connectivity index (χ1v) is 8.66. The Morgan fingerprint density at radius 3 is 2.70 bits per heavy atom. The van der Waals surface area contributed by atoms with Crippen LogP contribution in [0.25, 0.3) is 0 Å². The van der Waals surface area contributed by atoms with E-state index >= 15 is 0 Å². The van der Waals surface area contributed by atoms with Crippen LogP contribution in [0, 0.1) is 13.8 Å². The number of ether oxygens (including phenoxy) is 1. The molecule has 2 aliphatic heterocycles. The molecule has 1 unspecified atom stereocenters. The van der Waals surface area contributed by atoms with Crippen LogP contribution in [0.4, 0.5) is 0 Å². The topological polar surface area (TPSA) is 58.8 Å². The van der Waals surface area contributed by atoms with Crippen LogP contribution in [0.3, 0.4) is 0 Å². The van der Waals surface area contributed by atoms with Gasteiger partial charge in [0.2, 0.25) is 11.8 Å². The summed E-state index contributed by atoms with van der Waals surface area (Å²) in [5.74, 6) is 1.75. The number of carbonyl (C=O) groups is 1. The van der Waals surface area contributed by atoms with Gasteiger partial charge in [-0.15, -0.1) is 0 Å². The SMILES string of the molecule is Cc1nc(CN(CC(=O)N2CCCC2)CC2CCCO2)oc1C. The standard InChI is InChI=1S/C17H27N3O3/c1-13-14(2)23-16(18-13)11-19(10-15-6-5-9-22-15)12-17(21)20-7-3-4-8-20/h15H,3-12H2,1-2H3. The fourth-order valence-corrected chi connectivity index (χ4v) is 3.32. The first kappa shape index (κ1) is 16.5. The highest BCUT2D eigenvalue weighted by molar-refractivity contribution is 5.78. The molecule has 0 aromatic carbocycles. The van der Waals surface area contributed by atoms with Gasteiger partial charge in [0, 0.05) is 26.2 Å². The van der Waals surface area contributed by atoms with Gasteiger partial charge in [0.15, 0.2) is 0 Å². The first-order chi connectivity index (χ1) is 11.1. The minimum atomic E-state index is 0.209. The zero-order valence-corrected chi connectivity index (χ0v) is 14.2. The van der Waals surface area contributed by atoms with Crippen LogP contribution in [0.15, 0.2) is 4.42 Å². The zero-order valence-electron chi connectivity index (χ0n) is 14.2. The fourth-order valence-electron chi connectivity index (χ4n) is 3.32. The molecule has 6 heteroatoms. The number of rotatable bonds is 6. The third-order valence-electron chi connectivity index (χ3n) is 4.74. The maximum Gasteiger partial charge on any atom is 0.236 e. The minimum absolute atomic E-state index is 0.209. The number of hydrogen-bond donors (Lipinski definition) is 0. The van der Waals surface area contributed by atoms with E-state index in [-0.39, 0.29) is 12.0 Å². The second kappa shape index (κ2) is 7.45. The van der Waals surface area contributed by atoms with Crippen molar-refractivity contribution in [2.24, 2.45) is 0 Å². The van der Waals surface area contributed by atoms with E-state index in [9.17, 15) is 4.79 Å². The molecule has 2 aliphatic rings. The van der Waals surface area contributed by atoms with Crippen molar-refractivity contribution in [2.45, 2.75) is 52.2 Å². The van der Waals surface area contributed by atoms with E-state index in [4.69, 9.17) is 9.15 Å². The van der Waals surface area contributed by atoms with Gasteiger partial charge in [0.05, 0.1) is 24.9 Å². The molecule has 128 valence electrons. The summed E-state index contributed by atoms with van der Waals surface area (Å²) >= 11 is 0. The van der Waals surface area contributed by atoms with Crippen molar-refractivity contribution in [1.82, 2.24) is 14.8 Å². The number of amides is 1. The molecular formula is C17H27N3O3. The molecule has 23 heavy (non-hydrogen) atoms.